The van der Waals surface area contributed by atoms with Crippen LogP contribution in [0.15, 0.2) is 12.4 Å². The second-order valence-corrected chi connectivity index (χ2v) is 10.6. The van der Waals surface area contributed by atoms with Gasteiger partial charge in [0, 0.05) is 41.8 Å². The fraction of sp³-hybridized carbons (Fsp3) is 0.333. The van der Waals surface area contributed by atoms with E-state index >= 15 is 4.39 Å². The third-order valence-corrected chi connectivity index (χ3v) is 8.39. The number of nitrogens with two attached hydrogens (primary N) is 1. The van der Waals surface area contributed by atoms with Crippen LogP contribution in [0.2, 0.25) is 5.02 Å². The molecular formula is C24H21ClFN7O2S. The molecular weight excluding hydrogens is 505 g/mol. The highest BCUT2D eigenvalue weighted by Gasteiger charge is 2.35. The highest BCUT2D eigenvalue weighted by Crippen LogP contribution is 2.46. The first-order valence-electron chi connectivity index (χ1n) is 11.2. The van der Waals surface area contributed by atoms with Crippen molar-refractivity contribution in [1.29, 1.82) is 5.26 Å². The molecule has 184 valence electrons. The molecule has 0 aliphatic carbocycles. The number of rotatable bonds is 3. The maximum atomic E-state index is 16.4. The van der Waals surface area contributed by atoms with Gasteiger partial charge in [0.1, 0.15) is 16.6 Å². The summed E-state index contributed by atoms with van der Waals surface area (Å²) in [4.78, 5) is 17.4. The third kappa shape index (κ3) is 3.33. The molecule has 0 unspecified atom stereocenters. The number of pyridine rings is 1. The van der Waals surface area contributed by atoms with Gasteiger partial charge in [-0.2, -0.15) is 5.26 Å². The molecule has 0 radical (unpaired) electrons. The largest absolute Gasteiger partial charge is 0.390 e. The van der Waals surface area contributed by atoms with Gasteiger partial charge < -0.3 is 25.4 Å². The van der Waals surface area contributed by atoms with E-state index in [9.17, 15) is 10.4 Å². The van der Waals surface area contributed by atoms with Crippen LogP contribution in [0.1, 0.15) is 16.7 Å². The van der Waals surface area contributed by atoms with Crippen LogP contribution in [-0.4, -0.2) is 64.3 Å². The fourth-order valence-corrected chi connectivity index (χ4v) is 6.31. The molecule has 2 aliphatic rings. The third-order valence-electron chi connectivity index (χ3n) is 6.94. The Morgan fingerprint density at radius 2 is 2.06 bits per heavy atom. The number of aliphatic hydroxyl groups is 1. The molecule has 0 amide bonds. The first kappa shape index (κ1) is 23.3. The number of nitriles is 1. The first-order chi connectivity index (χ1) is 17.3. The molecule has 3 aromatic heterocycles. The van der Waals surface area contributed by atoms with Gasteiger partial charge in [-0.3, -0.25) is 4.98 Å². The predicted molar refractivity (Wildman–Crippen MR) is 136 cm³/mol. The van der Waals surface area contributed by atoms with Crippen LogP contribution < -0.4 is 10.6 Å². The van der Waals surface area contributed by atoms with E-state index in [0.29, 0.717) is 50.1 Å². The van der Waals surface area contributed by atoms with E-state index in [1.165, 1.54) is 17.5 Å². The monoisotopic (exact) mass is 525 g/mol. The number of halogens is 2. The Kier molecular flexibility index (Phi) is 5.47. The fourth-order valence-electron chi connectivity index (χ4n) is 5.13. The van der Waals surface area contributed by atoms with E-state index in [1.807, 2.05) is 23.9 Å². The van der Waals surface area contributed by atoms with Crippen LogP contribution in [0.5, 0.6) is 0 Å². The Balaban J connectivity index is 1.59. The Morgan fingerprint density at radius 1 is 1.28 bits per heavy atom. The number of aromatic nitrogens is 3. The molecule has 2 aliphatic heterocycles. The zero-order valence-corrected chi connectivity index (χ0v) is 21.0. The minimum atomic E-state index is -0.577. The van der Waals surface area contributed by atoms with E-state index < -0.39 is 11.9 Å². The van der Waals surface area contributed by atoms with Crippen LogP contribution in [0, 0.1) is 17.1 Å². The number of likely N-dealkylation sites (N-methyl/N-ethyl adjacent to an activating group) is 1. The SMILES string of the molecule is CN(C)[C@@H]1CN(c2ncc3c4c(c(-c5ncc(Cl)c6sc(N)c(C#N)c56)c(F)c3n2)COC4)C[C@@H]1O. The van der Waals surface area contributed by atoms with Gasteiger partial charge in [-0.25, -0.2) is 14.4 Å². The minimum absolute atomic E-state index is 0.0851. The number of aliphatic hydroxyl groups excluding tert-OH is 1. The summed E-state index contributed by atoms with van der Waals surface area (Å²) < 4.78 is 22.7. The van der Waals surface area contributed by atoms with Crippen molar-refractivity contribution >= 4 is 54.9 Å². The maximum Gasteiger partial charge on any atom is 0.226 e. The standard InChI is InChI=1S/C24H21ClFN7O2S/c1-32(2)15-6-33(7-16(15)34)24-30-4-11-12-8-35-9-13(12)17(19(26)20(11)31-24)21-18-10(3-27)23(28)36-22(18)14(25)5-29-21/h4-5,15-16,34H,6-9,28H2,1-2H3/t15-,16+/m1/s1. The summed E-state index contributed by atoms with van der Waals surface area (Å²) in [6.45, 7) is 1.33. The Bertz CT molecular complexity index is 1600. The average Bonchev–Trinajstić information content (AvgIpc) is 3.57. The highest BCUT2D eigenvalue weighted by molar-refractivity contribution is 7.23. The Labute approximate surface area is 214 Å². The van der Waals surface area contributed by atoms with Crippen molar-refractivity contribution in [2.45, 2.75) is 25.4 Å². The van der Waals surface area contributed by atoms with Crippen LogP contribution in [0.4, 0.5) is 15.3 Å². The van der Waals surface area contributed by atoms with Crippen molar-refractivity contribution < 1.29 is 14.2 Å². The van der Waals surface area contributed by atoms with Crippen LogP contribution in [-0.2, 0) is 18.0 Å². The lowest BCUT2D eigenvalue weighted by Crippen LogP contribution is -2.38. The molecule has 9 nitrogen and oxygen atoms in total. The lowest BCUT2D eigenvalue weighted by molar-refractivity contribution is 0.114. The number of nitrogen functional groups attached to an aromatic ring is 1. The van der Waals surface area contributed by atoms with Gasteiger partial charge in [-0.15, -0.1) is 11.3 Å². The van der Waals surface area contributed by atoms with Gasteiger partial charge in [0.2, 0.25) is 5.95 Å². The topological polar surface area (TPSA) is 124 Å². The number of anilines is 2. The molecule has 1 fully saturated rings. The lowest BCUT2D eigenvalue weighted by Gasteiger charge is -2.21. The van der Waals surface area contributed by atoms with Gasteiger partial charge in [0.05, 0.1) is 46.3 Å². The predicted octanol–water partition coefficient (Wildman–Crippen LogP) is 3.29. The number of benzene rings is 1. The first-order valence-corrected chi connectivity index (χ1v) is 12.4. The van der Waals surface area contributed by atoms with Crippen molar-refractivity contribution in [3.63, 3.8) is 0 Å². The summed E-state index contributed by atoms with van der Waals surface area (Å²) in [5.74, 6) is -0.243. The van der Waals surface area contributed by atoms with Gasteiger partial charge >= 0.3 is 0 Å². The van der Waals surface area contributed by atoms with Crippen molar-refractivity contribution in [3.8, 4) is 17.3 Å². The summed E-state index contributed by atoms with van der Waals surface area (Å²) in [6, 6.07) is 2.03. The molecule has 36 heavy (non-hydrogen) atoms. The smallest absolute Gasteiger partial charge is 0.226 e. The molecule has 0 bridgehead atoms. The van der Waals surface area contributed by atoms with Crippen LogP contribution in [0.25, 0.3) is 32.2 Å². The normalized spacial score (nSPS) is 19.5. The quantitative estimate of drug-likeness (QED) is 0.414. The van der Waals surface area contributed by atoms with Gasteiger partial charge in [0.25, 0.3) is 0 Å². The maximum absolute atomic E-state index is 16.4. The van der Waals surface area contributed by atoms with Crippen molar-refractivity contribution in [3.05, 3.63) is 39.9 Å². The molecule has 1 aromatic carbocycles. The van der Waals surface area contributed by atoms with Crippen LogP contribution >= 0.6 is 22.9 Å². The van der Waals surface area contributed by atoms with E-state index in [0.717, 1.165) is 5.56 Å². The summed E-state index contributed by atoms with van der Waals surface area (Å²) in [5, 5.41) is 21.9. The molecule has 1 saturated heterocycles. The molecule has 0 saturated carbocycles. The zero-order chi connectivity index (χ0) is 25.3. The molecule has 12 heteroatoms. The van der Waals surface area contributed by atoms with E-state index in [2.05, 4.69) is 21.0 Å². The summed E-state index contributed by atoms with van der Waals surface area (Å²) in [7, 11) is 3.81. The number of ether oxygens (including phenoxy) is 1. The van der Waals surface area contributed by atoms with Gasteiger partial charge in [-0.1, -0.05) is 11.6 Å². The summed E-state index contributed by atoms with van der Waals surface area (Å²) in [6.07, 6.45) is 2.48. The van der Waals surface area contributed by atoms with E-state index in [-0.39, 0.29) is 41.6 Å². The van der Waals surface area contributed by atoms with Crippen molar-refractivity contribution in [2.75, 3.05) is 37.8 Å². The number of nitrogens with zero attached hydrogens (tertiary/aromatic N) is 6. The lowest BCUT2D eigenvalue weighted by atomic mass is 9.94. The molecule has 4 aromatic rings. The highest BCUT2D eigenvalue weighted by atomic mass is 35.5. The molecule has 5 heterocycles. The molecule has 2 atom stereocenters. The van der Waals surface area contributed by atoms with Gasteiger partial charge in [0.15, 0.2) is 5.82 Å². The minimum Gasteiger partial charge on any atom is -0.390 e. The van der Waals surface area contributed by atoms with E-state index in [4.69, 9.17) is 22.1 Å². The number of hydrogen-bond donors (Lipinski definition) is 2. The second kappa shape index (κ2) is 8.47. The number of hydrogen-bond acceptors (Lipinski definition) is 10. The second-order valence-electron chi connectivity index (χ2n) is 9.19. The summed E-state index contributed by atoms with van der Waals surface area (Å²) in [5.41, 5.74) is 8.38. The molecule has 6 rings (SSSR count). The van der Waals surface area contributed by atoms with Gasteiger partial charge in [-0.05, 0) is 25.2 Å². The van der Waals surface area contributed by atoms with E-state index in [1.54, 1.807) is 6.20 Å². The number of fused-ring (bicyclic) bond motifs is 4. The van der Waals surface area contributed by atoms with Crippen molar-refractivity contribution in [1.82, 2.24) is 19.9 Å². The number of β-amino-alcohol motifs (C(OH)–C–C–N with tert-alkyl or cyclic N) is 1. The number of thiophene rings is 1. The van der Waals surface area contributed by atoms with Crippen molar-refractivity contribution in [2.24, 2.45) is 0 Å². The Hall–Kier alpha value is -3.14. The summed E-state index contributed by atoms with van der Waals surface area (Å²) >= 11 is 7.54. The zero-order valence-electron chi connectivity index (χ0n) is 19.4. The van der Waals surface area contributed by atoms with Crippen LogP contribution in [0.3, 0.4) is 0 Å². The Morgan fingerprint density at radius 3 is 2.78 bits per heavy atom. The molecule has 0 spiro atoms. The average molecular weight is 526 g/mol. The molecule has 3 N–H and O–H groups in total.